The van der Waals surface area contributed by atoms with Gasteiger partial charge in [0.1, 0.15) is 11.9 Å². The van der Waals surface area contributed by atoms with E-state index in [9.17, 15) is 9.59 Å². The van der Waals surface area contributed by atoms with Gasteiger partial charge < -0.3 is 14.8 Å². The van der Waals surface area contributed by atoms with Crippen LogP contribution in [0.1, 0.15) is 29.6 Å². The first kappa shape index (κ1) is 16.1. The minimum Gasteiger partial charge on any atom is -0.373 e. The number of carbonyl (C=O) groups is 2. The Labute approximate surface area is 145 Å². The molecule has 3 fully saturated rings. The molecule has 1 N–H and O–H groups in total. The highest BCUT2D eigenvalue weighted by molar-refractivity contribution is 6.30. The van der Waals surface area contributed by atoms with Gasteiger partial charge in [-0.05, 0) is 31.0 Å². The Balaban J connectivity index is 1.36. The number of amides is 1. The largest absolute Gasteiger partial charge is 0.373 e. The minimum atomic E-state index is -0.192. The molecular formula is C18H20ClNO4. The zero-order valence-corrected chi connectivity index (χ0v) is 14.0. The van der Waals surface area contributed by atoms with Gasteiger partial charge in [0.05, 0.1) is 25.4 Å². The SMILES string of the molecule is O=C(NC1COC2C(CC(=O)C3CC3)COC12)c1cccc(Cl)c1. The predicted octanol–water partition coefficient (Wildman–Crippen LogP) is 2.22. The molecule has 3 aliphatic rings. The van der Waals surface area contributed by atoms with Gasteiger partial charge in [0.2, 0.25) is 0 Å². The average Bonchev–Trinajstić information content (AvgIpc) is 3.24. The molecule has 4 rings (SSSR count). The van der Waals surface area contributed by atoms with Crippen LogP contribution in [0.3, 0.4) is 0 Å². The Morgan fingerprint density at radius 3 is 2.71 bits per heavy atom. The highest BCUT2D eigenvalue weighted by Crippen LogP contribution is 2.37. The highest BCUT2D eigenvalue weighted by Gasteiger charge is 2.49. The van der Waals surface area contributed by atoms with E-state index in [2.05, 4.69) is 5.32 Å². The number of ether oxygens (including phenoxy) is 2. The molecule has 1 aliphatic carbocycles. The monoisotopic (exact) mass is 349 g/mol. The Morgan fingerprint density at radius 1 is 1.17 bits per heavy atom. The molecule has 6 heteroatoms. The summed E-state index contributed by atoms with van der Waals surface area (Å²) in [6, 6.07) is 6.64. The summed E-state index contributed by atoms with van der Waals surface area (Å²) >= 11 is 5.93. The van der Waals surface area contributed by atoms with Crippen molar-refractivity contribution in [2.24, 2.45) is 11.8 Å². The molecule has 5 nitrogen and oxygen atoms in total. The number of halogens is 1. The Kier molecular flexibility index (Phi) is 4.33. The molecule has 0 radical (unpaired) electrons. The third-order valence-electron chi connectivity index (χ3n) is 5.06. The van der Waals surface area contributed by atoms with Crippen LogP contribution < -0.4 is 5.32 Å². The molecule has 2 heterocycles. The van der Waals surface area contributed by atoms with Crippen molar-refractivity contribution in [3.63, 3.8) is 0 Å². The van der Waals surface area contributed by atoms with Gasteiger partial charge in [-0.25, -0.2) is 0 Å². The molecule has 0 spiro atoms. The van der Waals surface area contributed by atoms with E-state index in [0.29, 0.717) is 36.0 Å². The summed E-state index contributed by atoms with van der Waals surface area (Å²) in [5, 5.41) is 3.50. The summed E-state index contributed by atoms with van der Waals surface area (Å²) in [7, 11) is 0. The number of ketones is 1. The van der Waals surface area contributed by atoms with Crippen LogP contribution in [0.15, 0.2) is 24.3 Å². The Morgan fingerprint density at radius 2 is 1.96 bits per heavy atom. The number of benzene rings is 1. The molecule has 0 aromatic heterocycles. The standard InChI is InChI=1S/C18H20ClNO4/c19-13-3-1-2-11(6-13)18(22)20-14-9-24-16-12(8-23-17(14)16)7-15(21)10-4-5-10/h1-3,6,10,12,14,16-17H,4-5,7-9H2,(H,20,22). The van der Waals surface area contributed by atoms with E-state index < -0.39 is 0 Å². The highest BCUT2D eigenvalue weighted by atomic mass is 35.5. The second kappa shape index (κ2) is 6.47. The van der Waals surface area contributed by atoms with E-state index in [0.717, 1.165) is 12.8 Å². The van der Waals surface area contributed by atoms with E-state index >= 15 is 0 Å². The summed E-state index contributed by atoms with van der Waals surface area (Å²) in [5.74, 6) is 0.520. The zero-order chi connectivity index (χ0) is 16.7. The van der Waals surface area contributed by atoms with Crippen LogP contribution in [0, 0.1) is 11.8 Å². The van der Waals surface area contributed by atoms with Crippen LogP contribution in [0.4, 0.5) is 0 Å². The Bertz CT molecular complexity index is 660. The van der Waals surface area contributed by atoms with Crippen molar-refractivity contribution >= 4 is 23.3 Å². The van der Waals surface area contributed by atoms with Gasteiger partial charge in [-0.3, -0.25) is 9.59 Å². The van der Waals surface area contributed by atoms with Gasteiger partial charge in [0.15, 0.2) is 0 Å². The normalized spacial score (nSPS) is 31.7. The summed E-state index contributed by atoms with van der Waals surface area (Å²) in [5.41, 5.74) is 0.518. The third kappa shape index (κ3) is 3.21. The van der Waals surface area contributed by atoms with Crippen molar-refractivity contribution in [3.8, 4) is 0 Å². The van der Waals surface area contributed by atoms with Gasteiger partial charge in [0.25, 0.3) is 5.91 Å². The first-order chi connectivity index (χ1) is 11.6. The summed E-state index contributed by atoms with van der Waals surface area (Å²) < 4.78 is 11.7. The maximum Gasteiger partial charge on any atom is 0.251 e. The van der Waals surface area contributed by atoms with Gasteiger partial charge in [-0.15, -0.1) is 0 Å². The molecule has 2 aliphatic heterocycles. The van der Waals surface area contributed by atoms with Crippen molar-refractivity contribution < 1.29 is 19.1 Å². The predicted molar refractivity (Wildman–Crippen MR) is 88.0 cm³/mol. The van der Waals surface area contributed by atoms with E-state index in [1.807, 2.05) is 0 Å². The molecule has 1 aromatic carbocycles. The fourth-order valence-corrected chi connectivity index (χ4v) is 3.78. The summed E-state index contributed by atoms with van der Waals surface area (Å²) in [6.45, 7) is 0.938. The number of rotatable bonds is 5. The maximum atomic E-state index is 12.4. The van der Waals surface area contributed by atoms with Crippen LogP contribution in [0.2, 0.25) is 5.02 Å². The van der Waals surface area contributed by atoms with Crippen LogP contribution in [-0.4, -0.2) is 43.2 Å². The lowest BCUT2D eigenvalue weighted by atomic mass is 9.94. The Hall–Kier alpha value is -1.43. The van der Waals surface area contributed by atoms with Gasteiger partial charge in [0, 0.05) is 28.8 Å². The van der Waals surface area contributed by atoms with Crippen LogP contribution >= 0.6 is 11.6 Å². The fraction of sp³-hybridized carbons (Fsp3) is 0.556. The summed E-state index contributed by atoms with van der Waals surface area (Å²) in [4.78, 5) is 24.4. The minimum absolute atomic E-state index is 0.0997. The van der Waals surface area contributed by atoms with Crippen LogP contribution in [0.5, 0.6) is 0 Å². The first-order valence-corrected chi connectivity index (χ1v) is 8.82. The first-order valence-electron chi connectivity index (χ1n) is 8.44. The molecule has 1 aromatic rings. The van der Waals surface area contributed by atoms with Crippen molar-refractivity contribution in [1.29, 1.82) is 0 Å². The molecule has 1 amide bonds. The van der Waals surface area contributed by atoms with E-state index in [-0.39, 0.29) is 36.0 Å². The number of hydrogen-bond acceptors (Lipinski definition) is 4. The smallest absolute Gasteiger partial charge is 0.251 e. The van der Waals surface area contributed by atoms with Crippen molar-refractivity contribution in [2.45, 2.75) is 37.5 Å². The zero-order valence-electron chi connectivity index (χ0n) is 13.2. The number of hydrogen-bond donors (Lipinski definition) is 1. The molecule has 0 bridgehead atoms. The number of nitrogens with one attached hydrogen (secondary N) is 1. The number of carbonyl (C=O) groups excluding carboxylic acids is 2. The molecule has 2 saturated heterocycles. The van der Waals surface area contributed by atoms with Crippen LogP contribution in [0.25, 0.3) is 0 Å². The lowest BCUT2D eigenvalue weighted by Crippen LogP contribution is -2.44. The molecule has 128 valence electrons. The molecular weight excluding hydrogens is 330 g/mol. The number of Topliss-reactive ketones (excluding diaryl/α,β-unsaturated/α-hetero) is 1. The third-order valence-corrected chi connectivity index (χ3v) is 5.29. The maximum absolute atomic E-state index is 12.4. The van der Waals surface area contributed by atoms with Crippen molar-refractivity contribution in [2.75, 3.05) is 13.2 Å². The molecule has 24 heavy (non-hydrogen) atoms. The van der Waals surface area contributed by atoms with Gasteiger partial charge in [-0.2, -0.15) is 0 Å². The lowest BCUT2D eigenvalue weighted by Gasteiger charge is -2.18. The lowest BCUT2D eigenvalue weighted by molar-refractivity contribution is -0.121. The van der Waals surface area contributed by atoms with E-state index in [1.165, 1.54) is 0 Å². The van der Waals surface area contributed by atoms with Crippen LogP contribution in [-0.2, 0) is 14.3 Å². The fourth-order valence-electron chi connectivity index (χ4n) is 3.59. The average molecular weight is 350 g/mol. The second-order valence-corrected chi connectivity index (χ2v) is 7.33. The topological polar surface area (TPSA) is 64.6 Å². The van der Waals surface area contributed by atoms with E-state index in [1.54, 1.807) is 24.3 Å². The van der Waals surface area contributed by atoms with Gasteiger partial charge in [-0.1, -0.05) is 17.7 Å². The number of fused-ring (bicyclic) bond motifs is 1. The quantitative estimate of drug-likeness (QED) is 0.885. The van der Waals surface area contributed by atoms with Gasteiger partial charge >= 0.3 is 0 Å². The summed E-state index contributed by atoms with van der Waals surface area (Å²) in [6.07, 6.45) is 2.31. The van der Waals surface area contributed by atoms with E-state index in [4.69, 9.17) is 21.1 Å². The molecule has 1 saturated carbocycles. The van der Waals surface area contributed by atoms with Crippen molar-refractivity contribution in [1.82, 2.24) is 5.32 Å². The molecule has 4 unspecified atom stereocenters. The molecule has 4 atom stereocenters. The van der Waals surface area contributed by atoms with Crippen molar-refractivity contribution in [3.05, 3.63) is 34.9 Å². The second-order valence-electron chi connectivity index (χ2n) is 6.89.